The Morgan fingerprint density at radius 3 is 2.81 bits per heavy atom. The van der Waals surface area contributed by atoms with Gasteiger partial charge in [0.15, 0.2) is 0 Å². The second-order valence-corrected chi connectivity index (χ2v) is 4.63. The molecule has 0 radical (unpaired) electrons. The molecule has 0 spiro atoms. The number of nitrogens with two attached hydrogens (primary N) is 2. The lowest BCUT2D eigenvalue weighted by atomic mass is 10.2. The topological polar surface area (TPSA) is 82.0 Å². The summed E-state index contributed by atoms with van der Waals surface area (Å²) in [7, 11) is 0. The third-order valence-electron chi connectivity index (χ3n) is 2.19. The summed E-state index contributed by atoms with van der Waals surface area (Å²) < 4.78 is 0. The van der Waals surface area contributed by atoms with E-state index in [0.29, 0.717) is 5.75 Å². The van der Waals surface area contributed by atoms with Gasteiger partial charge in [0, 0.05) is 16.3 Å². The van der Waals surface area contributed by atoms with Gasteiger partial charge in [-0.1, -0.05) is 6.92 Å². The van der Waals surface area contributed by atoms with E-state index in [-0.39, 0.29) is 0 Å². The number of hydrogen-bond acceptors (Lipinski definition) is 4. The second-order valence-electron chi connectivity index (χ2n) is 3.57. The van der Waals surface area contributed by atoms with E-state index in [1.807, 2.05) is 19.1 Å². The lowest BCUT2D eigenvalue weighted by molar-refractivity contribution is -0.118. The number of thioether (sulfide) groups is 1. The number of hydrogen-bond donors (Lipinski definition) is 2. The Hall–Kier alpha value is -1.07. The molecule has 1 amide bonds. The molecular formula is C11H17N3OS. The van der Waals surface area contributed by atoms with Crippen molar-refractivity contribution in [3.8, 4) is 0 Å². The van der Waals surface area contributed by atoms with Gasteiger partial charge in [0.2, 0.25) is 5.91 Å². The molecule has 4 N–H and O–H groups in total. The van der Waals surface area contributed by atoms with E-state index in [1.54, 1.807) is 0 Å². The van der Waals surface area contributed by atoms with Gasteiger partial charge in [0.1, 0.15) is 0 Å². The normalized spacial score (nSPS) is 12.4. The van der Waals surface area contributed by atoms with Crippen LogP contribution < -0.4 is 11.5 Å². The molecule has 0 aliphatic heterocycles. The highest BCUT2D eigenvalue weighted by molar-refractivity contribution is 7.99. The molecule has 0 aromatic carbocycles. The quantitative estimate of drug-likeness (QED) is 0.747. The first kappa shape index (κ1) is 13.0. The molecule has 5 heteroatoms. The van der Waals surface area contributed by atoms with E-state index in [2.05, 4.69) is 11.9 Å². The maximum Gasteiger partial charge on any atom is 0.235 e. The lowest BCUT2D eigenvalue weighted by Gasteiger charge is -2.10. The Balaban J connectivity index is 2.70. The number of aromatic nitrogens is 1. The van der Waals surface area contributed by atoms with Gasteiger partial charge < -0.3 is 11.5 Å². The van der Waals surface area contributed by atoms with E-state index >= 15 is 0 Å². The Kier molecular flexibility index (Phi) is 4.76. The first-order chi connectivity index (χ1) is 7.54. The van der Waals surface area contributed by atoms with Crippen molar-refractivity contribution in [2.75, 3.05) is 5.75 Å². The molecule has 0 aliphatic rings. The molecule has 4 nitrogen and oxygen atoms in total. The summed E-state index contributed by atoms with van der Waals surface area (Å²) in [6, 6.07) is 3.37. The molecule has 0 aliphatic carbocycles. The molecule has 1 atom stereocenters. The smallest absolute Gasteiger partial charge is 0.235 e. The van der Waals surface area contributed by atoms with Crippen molar-refractivity contribution in [1.29, 1.82) is 0 Å². The number of pyridine rings is 1. The lowest BCUT2D eigenvalue weighted by Crippen LogP contribution is -2.38. The van der Waals surface area contributed by atoms with Crippen molar-refractivity contribution in [3.63, 3.8) is 0 Å². The van der Waals surface area contributed by atoms with Crippen molar-refractivity contribution in [1.82, 2.24) is 4.98 Å². The summed E-state index contributed by atoms with van der Waals surface area (Å²) in [5, 5.41) is 0. The highest BCUT2D eigenvalue weighted by Gasteiger charge is 2.11. The zero-order valence-electron chi connectivity index (χ0n) is 9.56. The van der Waals surface area contributed by atoms with Crippen LogP contribution in [0, 0.1) is 6.92 Å². The van der Waals surface area contributed by atoms with Crippen LogP contribution in [0.2, 0.25) is 0 Å². The average molecular weight is 239 g/mol. The van der Waals surface area contributed by atoms with Crippen LogP contribution in [0.4, 0.5) is 0 Å². The van der Waals surface area contributed by atoms with Crippen LogP contribution in [-0.4, -0.2) is 22.7 Å². The minimum atomic E-state index is -0.601. The zero-order valence-corrected chi connectivity index (χ0v) is 10.4. The minimum absolute atomic E-state index is 0.467. The Labute approximate surface area is 99.8 Å². The number of amides is 1. The standard InChI is InChI=1S/C11H17N3OS/c1-3-9-10(5-4-7(2)14-9)16-6-8(12)11(13)15/h4-5,8H,3,6,12H2,1-2H3,(H2,13,15)/t8-/m0/s1. The number of carbonyl (C=O) groups is 1. The first-order valence-corrected chi connectivity index (χ1v) is 6.17. The predicted octanol–water partition coefficient (Wildman–Crippen LogP) is 0.857. The van der Waals surface area contributed by atoms with Crippen molar-refractivity contribution in [2.45, 2.75) is 31.2 Å². The maximum atomic E-state index is 10.8. The summed E-state index contributed by atoms with van der Waals surface area (Å²) in [5.41, 5.74) is 12.7. The highest BCUT2D eigenvalue weighted by atomic mass is 32.2. The van der Waals surface area contributed by atoms with Crippen LogP contribution in [0.5, 0.6) is 0 Å². The van der Waals surface area contributed by atoms with Crippen LogP contribution in [0.15, 0.2) is 17.0 Å². The number of aryl methyl sites for hydroxylation is 2. The summed E-state index contributed by atoms with van der Waals surface area (Å²) >= 11 is 1.53. The molecule has 1 rings (SSSR count). The van der Waals surface area contributed by atoms with E-state index < -0.39 is 11.9 Å². The second kappa shape index (κ2) is 5.86. The molecule has 16 heavy (non-hydrogen) atoms. The Morgan fingerprint density at radius 1 is 1.56 bits per heavy atom. The number of nitrogens with zero attached hydrogens (tertiary/aromatic N) is 1. The third-order valence-corrected chi connectivity index (χ3v) is 3.40. The first-order valence-electron chi connectivity index (χ1n) is 5.18. The van der Waals surface area contributed by atoms with E-state index in [1.165, 1.54) is 11.8 Å². The minimum Gasteiger partial charge on any atom is -0.368 e. The fourth-order valence-corrected chi connectivity index (χ4v) is 2.29. The van der Waals surface area contributed by atoms with Crippen LogP contribution in [0.3, 0.4) is 0 Å². The molecule has 0 saturated heterocycles. The van der Waals surface area contributed by atoms with Crippen molar-refractivity contribution < 1.29 is 4.79 Å². The van der Waals surface area contributed by atoms with Crippen LogP contribution in [0.25, 0.3) is 0 Å². The average Bonchev–Trinajstić information content (AvgIpc) is 2.26. The van der Waals surface area contributed by atoms with Crippen molar-refractivity contribution >= 4 is 17.7 Å². The number of primary amides is 1. The monoisotopic (exact) mass is 239 g/mol. The third kappa shape index (κ3) is 3.50. The van der Waals surface area contributed by atoms with Gasteiger partial charge in [-0.05, 0) is 25.5 Å². The molecule has 1 aromatic heterocycles. The Morgan fingerprint density at radius 2 is 2.25 bits per heavy atom. The maximum absolute atomic E-state index is 10.8. The van der Waals surface area contributed by atoms with E-state index in [0.717, 1.165) is 22.7 Å². The molecule has 0 saturated carbocycles. The molecule has 1 heterocycles. The fourth-order valence-electron chi connectivity index (χ4n) is 1.24. The zero-order chi connectivity index (χ0) is 12.1. The summed E-state index contributed by atoms with van der Waals surface area (Å²) in [6.07, 6.45) is 0.871. The molecule has 0 fully saturated rings. The van der Waals surface area contributed by atoms with E-state index in [9.17, 15) is 4.79 Å². The van der Waals surface area contributed by atoms with Crippen molar-refractivity contribution in [3.05, 3.63) is 23.5 Å². The van der Waals surface area contributed by atoms with Crippen LogP contribution in [-0.2, 0) is 11.2 Å². The van der Waals surface area contributed by atoms with Gasteiger partial charge in [-0.15, -0.1) is 11.8 Å². The molecule has 0 unspecified atom stereocenters. The van der Waals surface area contributed by atoms with Crippen LogP contribution in [0.1, 0.15) is 18.3 Å². The highest BCUT2D eigenvalue weighted by Crippen LogP contribution is 2.22. The Bertz CT molecular complexity index is 381. The summed E-state index contributed by atoms with van der Waals surface area (Å²) in [4.78, 5) is 16.3. The number of carbonyl (C=O) groups excluding carboxylic acids is 1. The fraction of sp³-hybridized carbons (Fsp3) is 0.455. The predicted molar refractivity (Wildman–Crippen MR) is 66.2 cm³/mol. The van der Waals surface area contributed by atoms with Gasteiger partial charge in [-0.3, -0.25) is 9.78 Å². The van der Waals surface area contributed by atoms with Crippen LogP contribution >= 0.6 is 11.8 Å². The molecule has 1 aromatic rings. The van der Waals surface area contributed by atoms with Gasteiger partial charge in [0.25, 0.3) is 0 Å². The summed E-state index contributed by atoms with van der Waals surface area (Å²) in [5.74, 6) is 0.0261. The number of rotatable bonds is 5. The molecule has 88 valence electrons. The van der Waals surface area contributed by atoms with Gasteiger partial charge >= 0.3 is 0 Å². The van der Waals surface area contributed by atoms with Gasteiger partial charge in [-0.2, -0.15) is 0 Å². The van der Waals surface area contributed by atoms with Gasteiger partial charge in [0.05, 0.1) is 11.7 Å². The summed E-state index contributed by atoms with van der Waals surface area (Å²) in [6.45, 7) is 4.02. The molecule has 0 bridgehead atoms. The largest absolute Gasteiger partial charge is 0.368 e. The van der Waals surface area contributed by atoms with Crippen molar-refractivity contribution in [2.24, 2.45) is 11.5 Å². The molecular weight excluding hydrogens is 222 g/mol. The SMILES string of the molecule is CCc1nc(C)ccc1SC[C@H](N)C(N)=O. The van der Waals surface area contributed by atoms with E-state index in [4.69, 9.17) is 11.5 Å². The van der Waals surface area contributed by atoms with Gasteiger partial charge in [-0.25, -0.2) is 0 Å².